The molecule has 0 unspecified atom stereocenters. The molecule has 0 amide bonds. The van der Waals surface area contributed by atoms with E-state index < -0.39 is 12.2 Å². The van der Waals surface area contributed by atoms with Crippen LogP contribution in [-0.4, -0.2) is 35.0 Å². The van der Waals surface area contributed by atoms with Crippen molar-refractivity contribution in [2.24, 2.45) is 5.92 Å². The van der Waals surface area contributed by atoms with Gasteiger partial charge in [0.05, 0.1) is 19.1 Å². The number of ether oxygens (including phenoxy) is 1. The summed E-state index contributed by atoms with van der Waals surface area (Å²) in [6.07, 6.45) is 0.256. The molecule has 1 aliphatic heterocycles. The number of cyclic esters (lactones) is 1. The molecule has 0 aromatic carbocycles. The Labute approximate surface area is 70.5 Å². The van der Waals surface area contributed by atoms with Crippen LogP contribution in [0.1, 0.15) is 6.42 Å². The van der Waals surface area contributed by atoms with E-state index in [0.29, 0.717) is 0 Å². The van der Waals surface area contributed by atoms with E-state index >= 15 is 0 Å². The molecule has 12 heavy (non-hydrogen) atoms. The first-order chi connectivity index (χ1) is 5.69. The molecule has 4 nitrogen and oxygen atoms in total. The van der Waals surface area contributed by atoms with E-state index in [1.165, 1.54) is 6.08 Å². The highest BCUT2D eigenvalue weighted by Crippen LogP contribution is 2.25. The van der Waals surface area contributed by atoms with Crippen LogP contribution in [0.15, 0.2) is 12.7 Å². The lowest BCUT2D eigenvalue weighted by Crippen LogP contribution is -2.29. The molecule has 0 radical (unpaired) electrons. The van der Waals surface area contributed by atoms with Gasteiger partial charge in [0.2, 0.25) is 0 Å². The Hall–Kier alpha value is -0.870. The van der Waals surface area contributed by atoms with E-state index in [1.54, 1.807) is 0 Å². The van der Waals surface area contributed by atoms with Gasteiger partial charge in [0, 0.05) is 5.92 Å². The van der Waals surface area contributed by atoms with Crippen LogP contribution in [0.5, 0.6) is 0 Å². The van der Waals surface area contributed by atoms with Crippen LogP contribution >= 0.6 is 0 Å². The van der Waals surface area contributed by atoms with Crippen molar-refractivity contribution in [3.05, 3.63) is 12.7 Å². The molecule has 4 heteroatoms. The van der Waals surface area contributed by atoms with E-state index in [1.807, 2.05) is 0 Å². The summed E-state index contributed by atoms with van der Waals surface area (Å²) in [5.74, 6) is -0.697. The summed E-state index contributed by atoms with van der Waals surface area (Å²) in [5.41, 5.74) is 0. The first-order valence-electron chi connectivity index (χ1n) is 3.80. The minimum Gasteiger partial charge on any atom is -0.458 e. The molecule has 1 heterocycles. The lowest BCUT2D eigenvalue weighted by molar-refractivity contribution is -0.140. The summed E-state index contributed by atoms with van der Waals surface area (Å²) in [5, 5.41) is 17.9. The molecule has 68 valence electrons. The maximum Gasteiger partial charge on any atom is 0.306 e. The van der Waals surface area contributed by atoms with Gasteiger partial charge < -0.3 is 14.9 Å². The van der Waals surface area contributed by atoms with Crippen molar-refractivity contribution >= 4 is 5.97 Å². The average Bonchev–Trinajstić information content (AvgIpc) is 2.45. The predicted molar refractivity (Wildman–Crippen MR) is 41.3 cm³/mol. The van der Waals surface area contributed by atoms with Gasteiger partial charge in [-0.2, -0.15) is 0 Å². The number of aliphatic hydroxyl groups is 2. The van der Waals surface area contributed by atoms with Crippen molar-refractivity contribution in [3.8, 4) is 0 Å². The molecule has 0 aromatic heterocycles. The topological polar surface area (TPSA) is 66.8 Å². The van der Waals surface area contributed by atoms with Crippen LogP contribution in [0.4, 0.5) is 0 Å². The number of esters is 1. The number of hydrogen-bond donors (Lipinski definition) is 2. The number of carbonyl (C=O) groups is 1. The molecular weight excluding hydrogens is 160 g/mol. The quantitative estimate of drug-likeness (QED) is 0.443. The third-order valence-electron chi connectivity index (χ3n) is 2.01. The minimum absolute atomic E-state index is 0.151. The number of carbonyl (C=O) groups excluding carboxylic acids is 1. The van der Waals surface area contributed by atoms with Crippen LogP contribution in [0.2, 0.25) is 0 Å². The summed E-state index contributed by atoms with van der Waals surface area (Å²) in [4.78, 5) is 10.8. The molecule has 0 aliphatic carbocycles. The highest BCUT2D eigenvalue weighted by Gasteiger charge is 2.37. The first-order valence-corrected chi connectivity index (χ1v) is 3.80. The van der Waals surface area contributed by atoms with Gasteiger partial charge in [-0.15, -0.1) is 0 Å². The van der Waals surface area contributed by atoms with Gasteiger partial charge in [-0.05, 0) is 0 Å². The lowest BCUT2D eigenvalue weighted by Gasteiger charge is -2.17. The molecule has 2 N–H and O–H groups in total. The zero-order valence-corrected chi connectivity index (χ0v) is 6.64. The number of hydrogen-bond acceptors (Lipinski definition) is 4. The SMILES string of the molecule is C=C[C@H]1OC(=O)C[C@@H]1[C@@H](O)CO. The van der Waals surface area contributed by atoms with Crippen molar-refractivity contribution in [1.82, 2.24) is 0 Å². The normalized spacial score (nSPS) is 31.3. The monoisotopic (exact) mass is 172 g/mol. The fourth-order valence-electron chi connectivity index (χ4n) is 1.31. The fraction of sp³-hybridized carbons (Fsp3) is 0.625. The Morgan fingerprint density at radius 3 is 3.00 bits per heavy atom. The molecule has 1 fully saturated rings. The van der Waals surface area contributed by atoms with Crippen LogP contribution < -0.4 is 0 Å². The molecule has 1 aliphatic rings. The van der Waals surface area contributed by atoms with Gasteiger partial charge in [0.25, 0.3) is 0 Å². The van der Waals surface area contributed by atoms with Gasteiger partial charge in [-0.1, -0.05) is 12.7 Å². The highest BCUT2D eigenvalue weighted by atomic mass is 16.6. The average molecular weight is 172 g/mol. The molecule has 0 spiro atoms. The molecule has 3 atom stereocenters. The highest BCUT2D eigenvalue weighted by molar-refractivity contribution is 5.72. The Morgan fingerprint density at radius 1 is 1.83 bits per heavy atom. The van der Waals surface area contributed by atoms with Gasteiger partial charge in [-0.25, -0.2) is 0 Å². The Bertz CT molecular complexity index is 189. The summed E-state index contributed by atoms with van der Waals surface area (Å²) >= 11 is 0. The van der Waals surface area contributed by atoms with E-state index in [4.69, 9.17) is 9.84 Å². The third kappa shape index (κ3) is 1.65. The van der Waals surface area contributed by atoms with Crippen LogP contribution in [0, 0.1) is 5.92 Å². The zero-order valence-electron chi connectivity index (χ0n) is 6.64. The molecular formula is C8H12O4. The maximum absolute atomic E-state index is 10.8. The van der Waals surface area contributed by atoms with E-state index in [9.17, 15) is 9.90 Å². The van der Waals surface area contributed by atoms with Gasteiger partial charge in [0.15, 0.2) is 0 Å². The van der Waals surface area contributed by atoms with Crippen LogP contribution in [0.3, 0.4) is 0 Å². The first kappa shape index (κ1) is 9.22. The van der Waals surface area contributed by atoms with Gasteiger partial charge in [0.1, 0.15) is 6.10 Å². The van der Waals surface area contributed by atoms with E-state index in [0.717, 1.165) is 0 Å². The molecule has 0 saturated carbocycles. The van der Waals surface area contributed by atoms with Gasteiger partial charge in [-0.3, -0.25) is 4.79 Å². The fourth-order valence-corrected chi connectivity index (χ4v) is 1.31. The van der Waals surface area contributed by atoms with Crippen molar-refractivity contribution < 1.29 is 19.7 Å². The van der Waals surface area contributed by atoms with E-state index in [2.05, 4.69) is 6.58 Å². The van der Waals surface area contributed by atoms with Crippen molar-refractivity contribution in [3.63, 3.8) is 0 Å². The summed E-state index contributed by atoms with van der Waals surface area (Å²) in [6.45, 7) is 3.12. The predicted octanol–water partition coefficient (Wildman–Crippen LogP) is -0.543. The van der Waals surface area contributed by atoms with E-state index in [-0.39, 0.29) is 24.9 Å². The summed E-state index contributed by atoms with van der Waals surface area (Å²) < 4.78 is 4.82. The summed E-state index contributed by atoms with van der Waals surface area (Å²) in [7, 11) is 0. The second kappa shape index (κ2) is 3.69. The molecule has 1 rings (SSSR count). The Kier molecular flexibility index (Phi) is 2.83. The minimum atomic E-state index is -0.903. The van der Waals surface area contributed by atoms with Gasteiger partial charge >= 0.3 is 5.97 Å². The third-order valence-corrected chi connectivity index (χ3v) is 2.01. The van der Waals surface area contributed by atoms with Crippen LogP contribution in [0.25, 0.3) is 0 Å². The molecule has 0 aromatic rings. The Morgan fingerprint density at radius 2 is 2.50 bits per heavy atom. The lowest BCUT2D eigenvalue weighted by atomic mass is 9.95. The van der Waals surface area contributed by atoms with Crippen LogP contribution in [-0.2, 0) is 9.53 Å². The van der Waals surface area contributed by atoms with Crippen molar-refractivity contribution in [2.75, 3.05) is 6.61 Å². The largest absolute Gasteiger partial charge is 0.458 e. The maximum atomic E-state index is 10.8. The summed E-state index contributed by atoms with van der Waals surface area (Å²) in [6, 6.07) is 0. The number of rotatable bonds is 3. The Balaban J connectivity index is 2.62. The molecule has 0 bridgehead atoms. The smallest absolute Gasteiger partial charge is 0.306 e. The second-order valence-electron chi connectivity index (χ2n) is 2.81. The second-order valence-corrected chi connectivity index (χ2v) is 2.81. The number of aliphatic hydroxyl groups excluding tert-OH is 2. The standard InChI is InChI=1S/C8H12O4/c1-2-7-5(6(10)4-9)3-8(11)12-7/h2,5-7,9-10H,1,3-4H2/t5-,6+,7-/m1/s1. The molecule has 1 saturated heterocycles. The van der Waals surface area contributed by atoms with Crippen molar-refractivity contribution in [2.45, 2.75) is 18.6 Å². The zero-order chi connectivity index (χ0) is 9.14. The van der Waals surface area contributed by atoms with Crippen molar-refractivity contribution in [1.29, 1.82) is 0 Å².